The quantitative estimate of drug-likeness (QED) is 0.519. The number of ether oxygens (including phenoxy) is 2. The molecule has 0 spiro atoms. The fourth-order valence-corrected chi connectivity index (χ4v) is 3.62. The van der Waals surface area contributed by atoms with Crippen LogP contribution < -0.4 is 14.8 Å². The van der Waals surface area contributed by atoms with E-state index in [1.54, 1.807) is 0 Å². The summed E-state index contributed by atoms with van der Waals surface area (Å²) in [5, 5.41) is 2.72. The zero-order valence-corrected chi connectivity index (χ0v) is 17.4. The topological polar surface area (TPSA) is 93.7 Å². The number of carbonyl (C=O) groups is 1. The second-order valence-corrected chi connectivity index (χ2v) is 7.98. The van der Waals surface area contributed by atoms with Crippen molar-refractivity contribution < 1.29 is 27.1 Å². The minimum Gasteiger partial charge on any atom is -0.482 e. The summed E-state index contributed by atoms with van der Waals surface area (Å²) in [5.41, 5.74) is 0.212. The van der Waals surface area contributed by atoms with E-state index in [1.807, 2.05) is 6.92 Å². The third kappa shape index (κ3) is 7.52. The Kier molecular flexibility index (Phi) is 8.69. The van der Waals surface area contributed by atoms with Crippen molar-refractivity contribution in [1.82, 2.24) is 5.32 Å². The second kappa shape index (κ2) is 11.0. The fourth-order valence-electron chi connectivity index (χ4n) is 2.24. The third-order valence-electron chi connectivity index (χ3n) is 3.66. The number of benzene rings is 2. The summed E-state index contributed by atoms with van der Waals surface area (Å²) in [6.45, 7) is 3.29. The molecule has 2 rings (SSSR count). The van der Waals surface area contributed by atoms with Crippen molar-refractivity contribution >= 4 is 33.2 Å². The molecule has 1 amide bonds. The summed E-state index contributed by atoms with van der Waals surface area (Å²) >= 11 is 6.09. The summed E-state index contributed by atoms with van der Waals surface area (Å²) in [5.74, 6) is -0.625. The number of amides is 1. The van der Waals surface area contributed by atoms with Crippen LogP contribution in [0.25, 0.3) is 0 Å². The number of hydrogen-bond donors (Lipinski definition) is 2. The van der Waals surface area contributed by atoms with Crippen LogP contribution in [0.15, 0.2) is 47.4 Å². The van der Waals surface area contributed by atoms with Gasteiger partial charge in [-0.05, 0) is 55.8 Å². The molecule has 0 aromatic heterocycles. The van der Waals surface area contributed by atoms with E-state index in [-0.39, 0.29) is 33.9 Å². The molecule has 0 radical (unpaired) electrons. The smallest absolute Gasteiger partial charge is 0.261 e. The van der Waals surface area contributed by atoms with Gasteiger partial charge < -0.3 is 14.8 Å². The number of nitrogens with one attached hydrogen (secondary N) is 2. The Morgan fingerprint density at radius 3 is 2.55 bits per heavy atom. The largest absolute Gasteiger partial charge is 0.482 e. The zero-order valence-electron chi connectivity index (χ0n) is 15.8. The van der Waals surface area contributed by atoms with Gasteiger partial charge in [0.15, 0.2) is 6.61 Å². The number of anilines is 1. The molecule has 10 heteroatoms. The van der Waals surface area contributed by atoms with E-state index in [0.717, 1.165) is 12.1 Å². The molecule has 0 atom stereocenters. The van der Waals surface area contributed by atoms with Crippen molar-refractivity contribution in [2.75, 3.05) is 31.1 Å². The minimum atomic E-state index is -3.92. The number of carbonyl (C=O) groups excluding carboxylic acids is 1. The standard InChI is InChI=1S/C19H22ClFN2O5S/c1-2-27-11-3-10-22-19(24)13-28-18-9-8-16(12-17(18)20)29(25,26)23-15-6-4-14(21)5-7-15/h4-9,12,23H,2-3,10-11,13H2,1H3,(H,22,24). The van der Waals surface area contributed by atoms with Gasteiger partial charge in [-0.25, -0.2) is 12.8 Å². The van der Waals surface area contributed by atoms with Gasteiger partial charge in [0.1, 0.15) is 11.6 Å². The van der Waals surface area contributed by atoms with Gasteiger partial charge in [0, 0.05) is 25.4 Å². The first-order valence-corrected chi connectivity index (χ1v) is 10.7. The SMILES string of the molecule is CCOCCCNC(=O)COc1ccc(S(=O)(=O)Nc2ccc(F)cc2)cc1Cl. The van der Waals surface area contributed by atoms with Gasteiger partial charge in [-0.1, -0.05) is 11.6 Å². The molecular weight excluding hydrogens is 423 g/mol. The molecule has 0 aliphatic rings. The normalized spacial score (nSPS) is 11.1. The lowest BCUT2D eigenvalue weighted by molar-refractivity contribution is -0.123. The lowest BCUT2D eigenvalue weighted by Gasteiger charge is -2.11. The van der Waals surface area contributed by atoms with Crippen molar-refractivity contribution in [2.45, 2.75) is 18.2 Å². The molecule has 0 fully saturated rings. The van der Waals surface area contributed by atoms with Gasteiger partial charge in [-0.2, -0.15) is 0 Å². The summed E-state index contributed by atoms with van der Waals surface area (Å²) in [6.07, 6.45) is 0.688. The van der Waals surface area contributed by atoms with Crippen LogP contribution in [0.1, 0.15) is 13.3 Å². The average molecular weight is 445 g/mol. The molecule has 0 aliphatic heterocycles. The van der Waals surface area contributed by atoms with Gasteiger partial charge in [-0.3, -0.25) is 9.52 Å². The fraction of sp³-hybridized carbons (Fsp3) is 0.316. The van der Waals surface area contributed by atoms with Crippen molar-refractivity contribution in [3.05, 3.63) is 53.3 Å². The summed E-state index contributed by atoms with van der Waals surface area (Å²) in [4.78, 5) is 11.7. The maximum Gasteiger partial charge on any atom is 0.261 e. The number of hydrogen-bond acceptors (Lipinski definition) is 5. The molecule has 0 heterocycles. The lowest BCUT2D eigenvalue weighted by Crippen LogP contribution is -2.30. The van der Waals surface area contributed by atoms with Crippen molar-refractivity contribution in [1.29, 1.82) is 0 Å². The number of rotatable bonds is 11. The molecule has 158 valence electrons. The Hall–Kier alpha value is -2.36. The molecule has 0 bridgehead atoms. The van der Waals surface area contributed by atoms with Crippen LogP contribution in [0.2, 0.25) is 5.02 Å². The van der Waals surface area contributed by atoms with Crippen LogP contribution in [0.5, 0.6) is 5.75 Å². The van der Waals surface area contributed by atoms with E-state index in [9.17, 15) is 17.6 Å². The van der Waals surface area contributed by atoms with Crippen LogP contribution in [-0.4, -0.2) is 40.7 Å². The zero-order chi connectivity index (χ0) is 21.3. The maximum absolute atomic E-state index is 12.9. The Morgan fingerprint density at radius 1 is 1.17 bits per heavy atom. The van der Waals surface area contributed by atoms with E-state index >= 15 is 0 Å². The van der Waals surface area contributed by atoms with Gasteiger partial charge in [-0.15, -0.1) is 0 Å². The predicted molar refractivity (Wildman–Crippen MR) is 108 cm³/mol. The molecule has 7 nitrogen and oxygen atoms in total. The number of halogens is 2. The van der Waals surface area contributed by atoms with Gasteiger partial charge in [0.05, 0.1) is 9.92 Å². The average Bonchev–Trinajstić information content (AvgIpc) is 2.68. The molecule has 2 aromatic carbocycles. The molecule has 0 saturated carbocycles. The highest BCUT2D eigenvalue weighted by Gasteiger charge is 2.17. The molecule has 0 aliphatic carbocycles. The summed E-state index contributed by atoms with van der Waals surface area (Å²) in [7, 11) is -3.92. The van der Waals surface area contributed by atoms with Gasteiger partial charge in [0.25, 0.3) is 15.9 Å². The van der Waals surface area contributed by atoms with Gasteiger partial charge >= 0.3 is 0 Å². The van der Waals surface area contributed by atoms with Crippen molar-refractivity contribution in [3.8, 4) is 5.75 Å². The highest BCUT2D eigenvalue weighted by Crippen LogP contribution is 2.28. The van der Waals surface area contributed by atoms with E-state index < -0.39 is 15.8 Å². The monoisotopic (exact) mass is 444 g/mol. The van der Waals surface area contributed by atoms with Crippen molar-refractivity contribution in [3.63, 3.8) is 0 Å². The molecule has 2 N–H and O–H groups in total. The molecular formula is C19H22ClFN2O5S. The van der Waals surface area contributed by atoms with Crippen LogP contribution in [0, 0.1) is 5.82 Å². The molecule has 29 heavy (non-hydrogen) atoms. The van der Waals surface area contributed by atoms with E-state index in [0.29, 0.717) is 26.2 Å². The highest BCUT2D eigenvalue weighted by molar-refractivity contribution is 7.92. The maximum atomic E-state index is 12.9. The van der Waals surface area contributed by atoms with Crippen LogP contribution in [0.3, 0.4) is 0 Å². The molecule has 0 saturated heterocycles. The number of sulfonamides is 1. The Bertz CT molecular complexity index is 923. The van der Waals surface area contributed by atoms with Crippen molar-refractivity contribution in [2.24, 2.45) is 0 Å². The summed E-state index contributed by atoms with van der Waals surface area (Å²) in [6, 6.07) is 8.77. The Morgan fingerprint density at radius 2 is 1.90 bits per heavy atom. The van der Waals surface area contributed by atoms with Crippen LogP contribution >= 0.6 is 11.6 Å². The van der Waals surface area contributed by atoms with E-state index in [4.69, 9.17) is 21.1 Å². The first-order chi connectivity index (χ1) is 13.8. The molecule has 2 aromatic rings. The summed E-state index contributed by atoms with van der Waals surface area (Å²) < 4.78 is 50.6. The Balaban J connectivity index is 1.92. The highest BCUT2D eigenvalue weighted by atomic mass is 35.5. The predicted octanol–water partition coefficient (Wildman–Crippen LogP) is 3.20. The van der Waals surface area contributed by atoms with Crippen LogP contribution in [-0.2, 0) is 19.6 Å². The second-order valence-electron chi connectivity index (χ2n) is 5.89. The first kappa shape index (κ1) is 22.9. The van der Waals surface area contributed by atoms with Gasteiger partial charge in [0.2, 0.25) is 0 Å². The lowest BCUT2D eigenvalue weighted by atomic mass is 10.3. The van der Waals surface area contributed by atoms with E-state index in [2.05, 4.69) is 10.0 Å². The first-order valence-electron chi connectivity index (χ1n) is 8.87. The Labute approximate surface area is 174 Å². The minimum absolute atomic E-state index is 0.0381. The van der Waals surface area contributed by atoms with E-state index in [1.165, 1.54) is 30.3 Å². The molecule has 0 unspecified atom stereocenters. The van der Waals surface area contributed by atoms with Crippen LogP contribution in [0.4, 0.5) is 10.1 Å². The third-order valence-corrected chi connectivity index (χ3v) is 5.33.